The monoisotopic (exact) mass is 327 g/mol. The van der Waals surface area contributed by atoms with Crippen LogP contribution in [0, 0.1) is 12.8 Å². The minimum absolute atomic E-state index is 0. The van der Waals surface area contributed by atoms with Gasteiger partial charge in [-0.05, 0) is 51.6 Å². The van der Waals surface area contributed by atoms with Gasteiger partial charge in [0.05, 0.1) is 11.7 Å². The van der Waals surface area contributed by atoms with E-state index in [0.717, 1.165) is 51.1 Å². The summed E-state index contributed by atoms with van der Waals surface area (Å²) < 4.78 is 1.96. The maximum absolute atomic E-state index is 12.7. The molecule has 124 valence electrons. The molecule has 1 unspecified atom stereocenters. The quantitative estimate of drug-likeness (QED) is 0.899. The van der Waals surface area contributed by atoms with E-state index in [2.05, 4.69) is 22.6 Å². The van der Waals surface area contributed by atoms with Gasteiger partial charge in [0.25, 0.3) is 5.91 Å². The van der Waals surface area contributed by atoms with Crippen LogP contribution in [0.2, 0.25) is 0 Å². The topological polar surface area (TPSA) is 63.1 Å². The molecule has 0 saturated carbocycles. The van der Waals surface area contributed by atoms with Crippen molar-refractivity contribution in [3.05, 3.63) is 11.4 Å². The molecule has 0 aromatic carbocycles. The number of hydrogen-bond acceptors (Lipinski definition) is 4. The summed E-state index contributed by atoms with van der Waals surface area (Å²) in [4.78, 5) is 14.6. The molecule has 0 bridgehead atoms. The van der Waals surface area contributed by atoms with Gasteiger partial charge in [0.1, 0.15) is 0 Å². The van der Waals surface area contributed by atoms with Gasteiger partial charge in [0.2, 0.25) is 0 Å². The molecule has 2 aliphatic heterocycles. The molecule has 6 nitrogen and oxygen atoms in total. The fourth-order valence-electron chi connectivity index (χ4n) is 3.46. The Hall–Kier alpha value is -1.14. The highest BCUT2D eigenvalue weighted by Crippen LogP contribution is 2.22. The average Bonchev–Trinajstić information content (AvgIpc) is 2.89. The lowest BCUT2D eigenvalue weighted by Gasteiger charge is -2.30. The molecule has 22 heavy (non-hydrogen) atoms. The van der Waals surface area contributed by atoms with Crippen LogP contribution in [-0.4, -0.2) is 52.0 Å². The highest BCUT2D eigenvalue weighted by Gasteiger charge is 2.28. The molecule has 3 heterocycles. The van der Waals surface area contributed by atoms with E-state index in [9.17, 15) is 4.79 Å². The molecule has 2 aliphatic rings. The maximum atomic E-state index is 12.7. The average molecular weight is 328 g/mol. The molecule has 1 amide bonds. The molecule has 1 aromatic heterocycles. The van der Waals surface area contributed by atoms with Crippen molar-refractivity contribution in [2.45, 2.75) is 45.6 Å². The first kappa shape index (κ1) is 17.2. The van der Waals surface area contributed by atoms with Crippen LogP contribution in [0.5, 0.6) is 0 Å². The summed E-state index contributed by atoms with van der Waals surface area (Å²) in [7, 11) is 0. The fraction of sp³-hybridized carbons (Fsp3) is 0.800. The highest BCUT2D eigenvalue weighted by molar-refractivity contribution is 5.93. The van der Waals surface area contributed by atoms with Crippen LogP contribution in [0.1, 0.15) is 54.8 Å². The number of nitrogens with zero attached hydrogens (tertiary/aromatic N) is 4. The number of nitrogens with one attached hydrogen (secondary N) is 1. The number of halogens is 1. The molecular weight excluding hydrogens is 302 g/mol. The molecule has 2 saturated heterocycles. The SMILES string of the molecule is Cc1c(C(=O)N2CCCC(C)C2)nnn1C1CCNCC1.Cl. The van der Waals surface area contributed by atoms with E-state index in [0.29, 0.717) is 17.7 Å². The summed E-state index contributed by atoms with van der Waals surface area (Å²) in [5.74, 6) is 0.640. The van der Waals surface area contributed by atoms with Gasteiger partial charge < -0.3 is 10.2 Å². The number of carbonyl (C=O) groups is 1. The van der Waals surface area contributed by atoms with E-state index in [1.165, 1.54) is 6.42 Å². The molecule has 1 N–H and O–H groups in total. The fourth-order valence-corrected chi connectivity index (χ4v) is 3.46. The Labute approximate surface area is 138 Å². The van der Waals surface area contributed by atoms with E-state index in [1.54, 1.807) is 0 Å². The molecule has 0 spiro atoms. The number of hydrogen-bond donors (Lipinski definition) is 1. The third-order valence-electron chi connectivity index (χ3n) is 4.73. The van der Waals surface area contributed by atoms with Crippen LogP contribution < -0.4 is 5.32 Å². The minimum Gasteiger partial charge on any atom is -0.337 e. The Bertz CT molecular complexity index is 512. The number of carbonyl (C=O) groups excluding carboxylic acids is 1. The highest BCUT2D eigenvalue weighted by atomic mass is 35.5. The molecule has 3 rings (SSSR count). The van der Waals surface area contributed by atoms with Crippen LogP contribution in [0.3, 0.4) is 0 Å². The Kier molecular flexibility index (Phi) is 5.81. The van der Waals surface area contributed by atoms with Crippen molar-refractivity contribution >= 4 is 18.3 Å². The van der Waals surface area contributed by atoms with Crippen molar-refractivity contribution in [3.63, 3.8) is 0 Å². The van der Waals surface area contributed by atoms with Crippen molar-refractivity contribution < 1.29 is 4.79 Å². The van der Waals surface area contributed by atoms with Gasteiger partial charge in [-0.1, -0.05) is 12.1 Å². The van der Waals surface area contributed by atoms with E-state index >= 15 is 0 Å². The lowest BCUT2D eigenvalue weighted by molar-refractivity contribution is 0.0676. The second kappa shape index (κ2) is 7.42. The zero-order chi connectivity index (χ0) is 14.8. The zero-order valence-electron chi connectivity index (χ0n) is 13.4. The molecular formula is C15H26ClN5O. The maximum Gasteiger partial charge on any atom is 0.276 e. The third-order valence-corrected chi connectivity index (χ3v) is 4.73. The van der Waals surface area contributed by atoms with Crippen molar-refractivity contribution in [2.75, 3.05) is 26.2 Å². The van der Waals surface area contributed by atoms with Gasteiger partial charge in [-0.15, -0.1) is 17.5 Å². The normalized spacial score (nSPS) is 23.2. The lowest BCUT2D eigenvalue weighted by Crippen LogP contribution is -2.39. The smallest absolute Gasteiger partial charge is 0.276 e. The second-order valence-electron chi connectivity index (χ2n) is 6.45. The summed E-state index contributed by atoms with van der Waals surface area (Å²) in [6.07, 6.45) is 4.41. The molecule has 7 heteroatoms. The number of piperidine rings is 2. The Morgan fingerprint density at radius 2 is 2.00 bits per heavy atom. The van der Waals surface area contributed by atoms with Gasteiger partial charge in [0.15, 0.2) is 5.69 Å². The van der Waals surface area contributed by atoms with Gasteiger partial charge in [-0.25, -0.2) is 4.68 Å². The molecule has 1 aromatic rings. The third kappa shape index (κ3) is 3.43. The van der Waals surface area contributed by atoms with Crippen molar-refractivity contribution in [1.82, 2.24) is 25.2 Å². The predicted octanol–water partition coefficient (Wildman–Crippen LogP) is 1.80. The summed E-state index contributed by atoms with van der Waals surface area (Å²) in [5.41, 5.74) is 1.47. The first-order valence-corrected chi connectivity index (χ1v) is 8.08. The van der Waals surface area contributed by atoms with Gasteiger partial charge in [0, 0.05) is 13.1 Å². The summed E-state index contributed by atoms with van der Waals surface area (Å²) in [6.45, 7) is 7.90. The van der Waals surface area contributed by atoms with E-state index in [4.69, 9.17) is 0 Å². The van der Waals surface area contributed by atoms with Crippen molar-refractivity contribution in [3.8, 4) is 0 Å². The molecule has 0 aliphatic carbocycles. The Morgan fingerprint density at radius 3 is 2.68 bits per heavy atom. The second-order valence-corrected chi connectivity index (χ2v) is 6.45. The number of rotatable bonds is 2. The van der Waals surface area contributed by atoms with E-state index in [-0.39, 0.29) is 18.3 Å². The Balaban J connectivity index is 0.00000176. The first-order valence-electron chi connectivity index (χ1n) is 8.08. The number of aromatic nitrogens is 3. The van der Waals surface area contributed by atoms with Crippen LogP contribution in [0.4, 0.5) is 0 Å². The van der Waals surface area contributed by atoms with Gasteiger partial charge in [-0.2, -0.15) is 0 Å². The lowest BCUT2D eigenvalue weighted by atomic mass is 10.00. The van der Waals surface area contributed by atoms with Crippen molar-refractivity contribution in [2.24, 2.45) is 5.92 Å². The zero-order valence-corrected chi connectivity index (χ0v) is 14.2. The minimum atomic E-state index is 0. The largest absolute Gasteiger partial charge is 0.337 e. The standard InChI is InChI=1S/C15H25N5O.ClH/c1-11-4-3-9-19(10-11)15(21)14-12(2)20(18-17-14)13-5-7-16-8-6-13;/h11,13,16H,3-10H2,1-2H3;1H. The molecule has 1 atom stereocenters. The van der Waals surface area contributed by atoms with E-state index in [1.807, 2.05) is 16.5 Å². The van der Waals surface area contributed by atoms with Gasteiger partial charge >= 0.3 is 0 Å². The number of amides is 1. The van der Waals surface area contributed by atoms with Crippen LogP contribution >= 0.6 is 12.4 Å². The van der Waals surface area contributed by atoms with Crippen LogP contribution in [-0.2, 0) is 0 Å². The van der Waals surface area contributed by atoms with Gasteiger partial charge in [-0.3, -0.25) is 4.79 Å². The molecule has 0 radical (unpaired) electrons. The van der Waals surface area contributed by atoms with E-state index < -0.39 is 0 Å². The molecule has 2 fully saturated rings. The number of likely N-dealkylation sites (tertiary alicyclic amines) is 1. The summed E-state index contributed by atoms with van der Waals surface area (Å²) in [5, 5.41) is 11.8. The first-order chi connectivity index (χ1) is 10.2. The predicted molar refractivity (Wildman–Crippen MR) is 87.4 cm³/mol. The van der Waals surface area contributed by atoms with Crippen LogP contribution in [0.25, 0.3) is 0 Å². The Morgan fingerprint density at radius 1 is 1.27 bits per heavy atom. The summed E-state index contributed by atoms with van der Waals surface area (Å²) >= 11 is 0. The summed E-state index contributed by atoms with van der Waals surface area (Å²) in [6, 6.07) is 0.376. The van der Waals surface area contributed by atoms with Crippen LogP contribution in [0.15, 0.2) is 0 Å². The van der Waals surface area contributed by atoms with Crippen molar-refractivity contribution in [1.29, 1.82) is 0 Å².